The molecule has 4 fully saturated rings. The van der Waals surface area contributed by atoms with Crippen molar-refractivity contribution >= 4 is 0 Å². The molecule has 36 heavy (non-hydrogen) atoms. The summed E-state index contributed by atoms with van der Waals surface area (Å²) in [4.78, 5) is 0. The lowest BCUT2D eigenvalue weighted by molar-refractivity contribution is 0.107. The van der Waals surface area contributed by atoms with Crippen LogP contribution in [0, 0.1) is 59.2 Å². The molecule has 0 unspecified atom stereocenters. The molecule has 206 valence electrons. The van der Waals surface area contributed by atoms with Crippen molar-refractivity contribution in [3.05, 3.63) is 0 Å². The molecule has 0 aromatic rings. The van der Waals surface area contributed by atoms with Gasteiger partial charge in [0.1, 0.15) is 0 Å². The molecule has 0 nitrogen and oxygen atoms in total. The topological polar surface area (TPSA) is 0 Å². The first-order valence-electron chi connectivity index (χ1n) is 17.3. The molecule has 0 aromatic heterocycles. The molecule has 0 aliphatic heterocycles. The fourth-order valence-corrected chi connectivity index (χ4v) is 8.97. The van der Waals surface area contributed by atoms with Crippen LogP contribution in [0.15, 0.2) is 0 Å². The molecule has 0 aromatic carbocycles. The number of rotatable bonds is 10. The minimum Gasteiger partial charge on any atom is -0.0996 e. The summed E-state index contributed by atoms with van der Waals surface area (Å²) in [6.45, 7) is 4.67. The summed E-state index contributed by atoms with van der Waals surface area (Å²) in [6, 6.07) is 0. The molecule has 0 N–H and O–H groups in total. The summed E-state index contributed by atoms with van der Waals surface area (Å²) in [5.41, 5.74) is 0. The molecule has 0 heteroatoms. The Bertz CT molecular complexity index is 619. The van der Waals surface area contributed by atoms with Crippen molar-refractivity contribution in [2.24, 2.45) is 47.3 Å². The van der Waals surface area contributed by atoms with Gasteiger partial charge in [0.25, 0.3) is 0 Å². The van der Waals surface area contributed by atoms with Gasteiger partial charge in [-0.2, -0.15) is 0 Å². The summed E-state index contributed by atoms with van der Waals surface area (Å²) in [5, 5.41) is 0. The van der Waals surface area contributed by atoms with E-state index in [1.165, 1.54) is 103 Å². The van der Waals surface area contributed by atoms with Crippen LogP contribution in [0.25, 0.3) is 0 Å². The van der Waals surface area contributed by atoms with E-state index in [1.807, 2.05) is 0 Å². The molecule has 0 spiro atoms. The van der Waals surface area contributed by atoms with Crippen molar-refractivity contribution in [1.82, 2.24) is 0 Å². The standard InChI is InChI=1S/C36H62/c1-3-5-7-9-29-11-13-31(14-12-29)15-16-32-19-23-34(24-20-32)36-27-25-35(26-28-36)33-21-17-30(18-22-33)10-8-6-4-2/h29-36H,3-14,17-28H2,1-2H3. The fourth-order valence-electron chi connectivity index (χ4n) is 8.97. The molecule has 4 aliphatic rings. The molecular formula is C36H62. The van der Waals surface area contributed by atoms with E-state index in [4.69, 9.17) is 0 Å². The number of hydrogen-bond donors (Lipinski definition) is 0. The minimum absolute atomic E-state index is 0.729. The molecule has 0 saturated heterocycles. The van der Waals surface area contributed by atoms with Crippen molar-refractivity contribution in [2.45, 2.75) is 168 Å². The molecule has 0 radical (unpaired) electrons. The molecule has 0 bridgehead atoms. The third-order valence-electron chi connectivity index (χ3n) is 11.6. The Hall–Kier alpha value is -0.440. The van der Waals surface area contributed by atoms with E-state index in [0.717, 1.165) is 47.3 Å². The second-order valence-corrected chi connectivity index (χ2v) is 14.1. The molecular weight excluding hydrogens is 432 g/mol. The maximum Gasteiger partial charge on any atom is 0.0203 e. The highest BCUT2D eigenvalue weighted by molar-refractivity contribution is 5.09. The van der Waals surface area contributed by atoms with Crippen LogP contribution in [0.4, 0.5) is 0 Å². The van der Waals surface area contributed by atoms with E-state index in [1.54, 1.807) is 51.4 Å². The van der Waals surface area contributed by atoms with Gasteiger partial charge in [-0.1, -0.05) is 89.9 Å². The van der Waals surface area contributed by atoms with E-state index < -0.39 is 0 Å². The first kappa shape index (κ1) is 28.6. The second kappa shape index (κ2) is 15.8. The van der Waals surface area contributed by atoms with Crippen LogP contribution in [0.5, 0.6) is 0 Å². The third-order valence-corrected chi connectivity index (χ3v) is 11.6. The fraction of sp³-hybridized carbons (Fsp3) is 0.944. The Kier molecular flexibility index (Phi) is 12.6. The van der Waals surface area contributed by atoms with Gasteiger partial charge in [-0.25, -0.2) is 0 Å². The van der Waals surface area contributed by atoms with Crippen LogP contribution in [-0.2, 0) is 0 Å². The summed E-state index contributed by atoms with van der Waals surface area (Å²) in [7, 11) is 0. The highest BCUT2D eigenvalue weighted by atomic mass is 14.4. The second-order valence-electron chi connectivity index (χ2n) is 14.1. The van der Waals surface area contributed by atoms with Crippen LogP contribution in [0.1, 0.15) is 168 Å². The van der Waals surface area contributed by atoms with Crippen LogP contribution < -0.4 is 0 Å². The van der Waals surface area contributed by atoms with Crippen molar-refractivity contribution in [1.29, 1.82) is 0 Å². The Labute approximate surface area is 226 Å². The Balaban J connectivity index is 1.08. The smallest absolute Gasteiger partial charge is 0.0203 e. The highest BCUT2D eigenvalue weighted by Crippen LogP contribution is 2.46. The van der Waals surface area contributed by atoms with Crippen LogP contribution >= 0.6 is 0 Å². The largest absolute Gasteiger partial charge is 0.0996 e. The van der Waals surface area contributed by atoms with Gasteiger partial charge in [-0.05, 0) is 125 Å². The molecule has 4 saturated carbocycles. The van der Waals surface area contributed by atoms with E-state index in [0.29, 0.717) is 0 Å². The SMILES string of the molecule is CCCCCC1CCC(C#CC2CCC(C3CCC(C4CCC(CCCCC)CC4)CC3)CC2)CC1. The van der Waals surface area contributed by atoms with Gasteiger partial charge in [0.2, 0.25) is 0 Å². The lowest BCUT2D eigenvalue weighted by atomic mass is 9.65. The van der Waals surface area contributed by atoms with Crippen LogP contribution in [0.2, 0.25) is 0 Å². The minimum atomic E-state index is 0.729. The zero-order valence-corrected chi connectivity index (χ0v) is 24.6. The zero-order chi connectivity index (χ0) is 25.0. The van der Waals surface area contributed by atoms with Crippen molar-refractivity contribution in [3.8, 4) is 11.8 Å². The first-order chi connectivity index (χ1) is 17.7. The van der Waals surface area contributed by atoms with Gasteiger partial charge >= 0.3 is 0 Å². The van der Waals surface area contributed by atoms with Gasteiger partial charge in [0.15, 0.2) is 0 Å². The third kappa shape index (κ3) is 9.09. The first-order valence-corrected chi connectivity index (χ1v) is 17.3. The van der Waals surface area contributed by atoms with Gasteiger partial charge < -0.3 is 0 Å². The normalized spacial score (nSPS) is 37.7. The average Bonchev–Trinajstić information content (AvgIpc) is 2.94. The monoisotopic (exact) mass is 494 g/mol. The zero-order valence-electron chi connectivity index (χ0n) is 24.6. The lowest BCUT2D eigenvalue weighted by Crippen LogP contribution is -2.29. The number of unbranched alkanes of at least 4 members (excludes halogenated alkanes) is 4. The summed E-state index contributed by atoms with van der Waals surface area (Å²) in [5.74, 6) is 15.4. The van der Waals surface area contributed by atoms with Gasteiger partial charge in [0, 0.05) is 11.8 Å². The maximum absolute atomic E-state index is 3.80. The number of hydrogen-bond acceptors (Lipinski definition) is 0. The van der Waals surface area contributed by atoms with Gasteiger partial charge in [0.05, 0.1) is 0 Å². The van der Waals surface area contributed by atoms with Crippen molar-refractivity contribution in [2.75, 3.05) is 0 Å². The molecule has 0 amide bonds. The molecule has 4 rings (SSSR count). The summed E-state index contributed by atoms with van der Waals surface area (Å²) in [6.07, 6.45) is 35.6. The predicted octanol–water partition coefficient (Wildman–Crippen LogP) is 11.4. The van der Waals surface area contributed by atoms with Gasteiger partial charge in [-0.3, -0.25) is 0 Å². The van der Waals surface area contributed by atoms with Gasteiger partial charge in [-0.15, -0.1) is 0 Å². The maximum atomic E-state index is 3.80. The predicted molar refractivity (Wildman–Crippen MR) is 158 cm³/mol. The van der Waals surface area contributed by atoms with E-state index in [2.05, 4.69) is 25.7 Å². The van der Waals surface area contributed by atoms with Crippen LogP contribution in [-0.4, -0.2) is 0 Å². The van der Waals surface area contributed by atoms with E-state index in [9.17, 15) is 0 Å². The highest BCUT2D eigenvalue weighted by Gasteiger charge is 2.34. The summed E-state index contributed by atoms with van der Waals surface area (Å²) < 4.78 is 0. The Morgan fingerprint density at radius 1 is 0.389 bits per heavy atom. The lowest BCUT2D eigenvalue weighted by Gasteiger charge is -2.41. The molecule has 0 atom stereocenters. The molecule has 4 aliphatic carbocycles. The molecule has 0 heterocycles. The van der Waals surface area contributed by atoms with E-state index in [-0.39, 0.29) is 0 Å². The van der Waals surface area contributed by atoms with Crippen molar-refractivity contribution < 1.29 is 0 Å². The van der Waals surface area contributed by atoms with Crippen LogP contribution in [0.3, 0.4) is 0 Å². The average molecular weight is 495 g/mol. The van der Waals surface area contributed by atoms with E-state index >= 15 is 0 Å². The Morgan fingerprint density at radius 2 is 0.694 bits per heavy atom. The summed E-state index contributed by atoms with van der Waals surface area (Å²) >= 11 is 0. The van der Waals surface area contributed by atoms with Crippen molar-refractivity contribution in [3.63, 3.8) is 0 Å². The quantitative estimate of drug-likeness (QED) is 0.209. The Morgan fingerprint density at radius 3 is 1.08 bits per heavy atom.